The molecule has 1 rings (SSSR count). The first kappa shape index (κ1) is 9.18. The highest BCUT2D eigenvalue weighted by molar-refractivity contribution is 7.10. The summed E-state index contributed by atoms with van der Waals surface area (Å²) in [6.45, 7) is 0. The summed E-state index contributed by atoms with van der Waals surface area (Å²) >= 11 is 1.20. The van der Waals surface area contributed by atoms with Crippen LogP contribution < -0.4 is 0 Å². The van der Waals surface area contributed by atoms with Gasteiger partial charge in [0.05, 0.1) is 0 Å². The van der Waals surface area contributed by atoms with Gasteiger partial charge < -0.3 is 15.3 Å². The lowest BCUT2D eigenvalue weighted by Crippen LogP contribution is -2.26. The van der Waals surface area contributed by atoms with E-state index in [0.29, 0.717) is 4.88 Å². The van der Waals surface area contributed by atoms with Crippen molar-refractivity contribution in [2.45, 2.75) is 12.2 Å². The molecule has 0 spiro atoms. The lowest BCUT2D eigenvalue weighted by Gasteiger charge is -2.11. The van der Waals surface area contributed by atoms with Crippen molar-refractivity contribution in [3.8, 4) is 0 Å². The molecule has 3 N–H and O–H groups in total. The van der Waals surface area contributed by atoms with E-state index in [1.54, 1.807) is 17.5 Å². The van der Waals surface area contributed by atoms with E-state index in [1.807, 2.05) is 0 Å². The average molecular weight is 188 g/mol. The van der Waals surface area contributed by atoms with Crippen LogP contribution in [0.15, 0.2) is 17.5 Å². The predicted molar refractivity (Wildman–Crippen MR) is 42.9 cm³/mol. The minimum absolute atomic E-state index is 0.449. The number of hydrogen-bond acceptors (Lipinski definition) is 4. The number of hydrogen-bond donors (Lipinski definition) is 3. The summed E-state index contributed by atoms with van der Waals surface area (Å²) in [6, 6.07) is 3.25. The fourth-order valence-corrected chi connectivity index (χ4v) is 1.49. The molecular formula is C7H8O4S. The first-order valence-electron chi connectivity index (χ1n) is 3.25. The molecule has 0 aliphatic carbocycles. The minimum atomic E-state index is -1.75. The molecule has 1 aromatic heterocycles. The molecule has 0 aliphatic rings. The summed E-state index contributed by atoms with van der Waals surface area (Å²) in [6.07, 6.45) is -3.08. The molecule has 0 amide bonds. The topological polar surface area (TPSA) is 77.8 Å². The van der Waals surface area contributed by atoms with Gasteiger partial charge in [-0.1, -0.05) is 6.07 Å². The summed E-state index contributed by atoms with van der Waals surface area (Å²) < 4.78 is 0. The molecule has 12 heavy (non-hydrogen) atoms. The Labute approximate surface area is 72.7 Å². The number of rotatable bonds is 3. The van der Waals surface area contributed by atoms with E-state index in [1.165, 1.54) is 11.3 Å². The molecular weight excluding hydrogens is 180 g/mol. The second-order valence-electron chi connectivity index (χ2n) is 2.24. The third-order valence-corrected chi connectivity index (χ3v) is 2.33. The highest BCUT2D eigenvalue weighted by atomic mass is 32.1. The Balaban J connectivity index is 2.71. The first-order valence-corrected chi connectivity index (χ1v) is 4.13. The molecule has 4 nitrogen and oxygen atoms in total. The summed E-state index contributed by atoms with van der Waals surface area (Å²) in [4.78, 5) is 10.7. The van der Waals surface area contributed by atoms with Gasteiger partial charge in [0, 0.05) is 4.88 Å². The van der Waals surface area contributed by atoms with E-state index in [9.17, 15) is 9.90 Å². The summed E-state index contributed by atoms with van der Waals surface area (Å²) in [5, 5.41) is 28.2. The number of aliphatic hydroxyl groups excluding tert-OH is 2. The van der Waals surface area contributed by atoms with Crippen molar-refractivity contribution >= 4 is 17.3 Å². The maximum atomic E-state index is 10.2. The zero-order chi connectivity index (χ0) is 9.14. The van der Waals surface area contributed by atoms with Gasteiger partial charge in [-0.25, -0.2) is 4.79 Å². The average Bonchev–Trinajstić information content (AvgIpc) is 2.53. The van der Waals surface area contributed by atoms with E-state index in [4.69, 9.17) is 10.2 Å². The van der Waals surface area contributed by atoms with Gasteiger partial charge in [-0.3, -0.25) is 0 Å². The predicted octanol–water partition coefficient (Wildman–Crippen LogP) is 0.227. The smallest absolute Gasteiger partial charge is 0.335 e. The lowest BCUT2D eigenvalue weighted by molar-refractivity contribution is -0.152. The van der Waals surface area contributed by atoms with Gasteiger partial charge in [-0.05, 0) is 11.4 Å². The molecule has 2 unspecified atom stereocenters. The van der Waals surface area contributed by atoms with Gasteiger partial charge in [0.1, 0.15) is 6.10 Å². The van der Waals surface area contributed by atoms with Gasteiger partial charge >= 0.3 is 5.97 Å². The second kappa shape index (κ2) is 3.66. The minimum Gasteiger partial charge on any atom is -0.479 e. The molecule has 0 radical (unpaired) electrons. The number of aliphatic hydroxyl groups is 2. The Morgan fingerprint density at radius 2 is 2.17 bits per heavy atom. The van der Waals surface area contributed by atoms with E-state index in [0.717, 1.165) is 0 Å². The molecule has 0 fully saturated rings. The number of thiophene rings is 1. The van der Waals surface area contributed by atoms with Crippen molar-refractivity contribution in [3.63, 3.8) is 0 Å². The van der Waals surface area contributed by atoms with Crippen LogP contribution in [0.1, 0.15) is 11.0 Å². The number of aliphatic carboxylic acids is 1. The van der Waals surface area contributed by atoms with Crippen LogP contribution in [0.5, 0.6) is 0 Å². The maximum absolute atomic E-state index is 10.2. The highest BCUT2D eigenvalue weighted by Gasteiger charge is 2.25. The van der Waals surface area contributed by atoms with Crippen molar-refractivity contribution in [1.82, 2.24) is 0 Å². The zero-order valence-corrected chi connectivity index (χ0v) is 6.86. The summed E-state index contributed by atoms with van der Waals surface area (Å²) in [5.41, 5.74) is 0. The molecule has 0 aromatic carbocycles. The van der Waals surface area contributed by atoms with E-state index in [2.05, 4.69) is 0 Å². The normalized spacial score (nSPS) is 15.5. The van der Waals surface area contributed by atoms with Crippen LogP contribution in [0.25, 0.3) is 0 Å². The van der Waals surface area contributed by atoms with Gasteiger partial charge in [-0.2, -0.15) is 0 Å². The molecule has 1 aromatic rings. The van der Waals surface area contributed by atoms with Crippen molar-refractivity contribution in [2.24, 2.45) is 0 Å². The molecule has 1 heterocycles. The fourth-order valence-electron chi connectivity index (χ4n) is 0.750. The molecule has 0 saturated heterocycles. The third kappa shape index (κ3) is 1.82. The molecule has 0 saturated carbocycles. The van der Waals surface area contributed by atoms with Gasteiger partial charge in [-0.15, -0.1) is 11.3 Å². The van der Waals surface area contributed by atoms with Crippen LogP contribution in [0, 0.1) is 0 Å². The lowest BCUT2D eigenvalue weighted by atomic mass is 10.2. The Morgan fingerprint density at radius 1 is 1.50 bits per heavy atom. The number of carboxylic acids is 1. The van der Waals surface area contributed by atoms with Crippen LogP contribution in [-0.4, -0.2) is 27.4 Å². The zero-order valence-electron chi connectivity index (χ0n) is 6.04. The van der Waals surface area contributed by atoms with Crippen molar-refractivity contribution in [1.29, 1.82) is 0 Å². The van der Waals surface area contributed by atoms with Crippen LogP contribution in [0.2, 0.25) is 0 Å². The largest absolute Gasteiger partial charge is 0.479 e. The van der Waals surface area contributed by atoms with Crippen LogP contribution in [-0.2, 0) is 4.79 Å². The Hall–Kier alpha value is -0.910. The quantitative estimate of drug-likeness (QED) is 0.634. The number of carboxylic acid groups (broad SMARTS) is 1. The van der Waals surface area contributed by atoms with Crippen LogP contribution >= 0.6 is 11.3 Å². The van der Waals surface area contributed by atoms with Crippen LogP contribution in [0.3, 0.4) is 0 Å². The maximum Gasteiger partial charge on any atom is 0.335 e. The van der Waals surface area contributed by atoms with Gasteiger partial charge in [0.2, 0.25) is 0 Å². The third-order valence-electron chi connectivity index (χ3n) is 1.39. The molecule has 66 valence electrons. The van der Waals surface area contributed by atoms with Gasteiger partial charge in [0.15, 0.2) is 6.10 Å². The Morgan fingerprint density at radius 3 is 2.58 bits per heavy atom. The van der Waals surface area contributed by atoms with E-state index < -0.39 is 18.2 Å². The van der Waals surface area contributed by atoms with E-state index >= 15 is 0 Å². The standard InChI is InChI=1S/C7H8O4S/c8-5(6(9)7(10)11)4-2-1-3-12-4/h1-3,5-6,8-9H,(H,10,11). The number of carbonyl (C=O) groups is 1. The Bertz CT molecular complexity index is 256. The monoisotopic (exact) mass is 188 g/mol. The van der Waals surface area contributed by atoms with Crippen molar-refractivity contribution < 1.29 is 20.1 Å². The molecule has 5 heteroatoms. The van der Waals surface area contributed by atoms with Crippen LogP contribution in [0.4, 0.5) is 0 Å². The summed E-state index contributed by atoms with van der Waals surface area (Å²) in [5.74, 6) is -1.42. The fraction of sp³-hybridized carbons (Fsp3) is 0.286. The Kier molecular flexibility index (Phi) is 2.80. The summed E-state index contributed by atoms with van der Waals surface area (Å²) in [7, 11) is 0. The van der Waals surface area contributed by atoms with E-state index in [-0.39, 0.29) is 0 Å². The van der Waals surface area contributed by atoms with Gasteiger partial charge in [0.25, 0.3) is 0 Å². The SMILES string of the molecule is O=C(O)C(O)C(O)c1cccs1. The molecule has 2 atom stereocenters. The highest BCUT2D eigenvalue weighted by Crippen LogP contribution is 2.21. The van der Waals surface area contributed by atoms with Crippen molar-refractivity contribution in [3.05, 3.63) is 22.4 Å². The van der Waals surface area contributed by atoms with Crippen molar-refractivity contribution in [2.75, 3.05) is 0 Å². The second-order valence-corrected chi connectivity index (χ2v) is 3.22. The molecule has 0 bridgehead atoms. The molecule has 0 aliphatic heterocycles. The first-order chi connectivity index (χ1) is 5.63.